The molecule has 0 aliphatic carbocycles. The fraction of sp³-hybridized carbons (Fsp3) is 0.500. The van der Waals surface area contributed by atoms with Crippen molar-refractivity contribution >= 4 is 30.8 Å². The Labute approximate surface area is 104 Å². The van der Waals surface area contributed by atoms with Crippen molar-refractivity contribution in [3.05, 3.63) is 17.7 Å². The number of fused-ring (bicyclic) bond motifs is 1. The number of carboxylic acids is 1. The molecule has 0 spiro atoms. The van der Waals surface area contributed by atoms with Gasteiger partial charge < -0.3 is 15.4 Å². The van der Waals surface area contributed by atoms with E-state index in [2.05, 4.69) is 4.98 Å². The highest BCUT2D eigenvalue weighted by atomic mass is 35.5. The molecule has 1 aliphatic rings. The summed E-state index contributed by atoms with van der Waals surface area (Å²) in [5.41, 5.74) is 6.28. The zero-order chi connectivity index (χ0) is 10.3. The molecule has 0 bridgehead atoms. The smallest absolute Gasteiger partial charge is 0.326 e. The molecule has 1 unspecified atom stereocenters. The van der Waals surface area contributed by atoms with Crippen LogP contribution in [0.3, 0.4) is 0 Å². The molecule has 8 heteroatoms. The van der Waals surface area contributed by atoms with E-state index in [0.717, 1.165) is 0 Å². The SMILES string of the molecule is Cl.Cl.NC(C(=O)O)c1ncn2c1C[C@@H](F)C2. The average Bonchev–Trinajstić information content (AvgIpc) is 2.61. The number of rotatable bonds is 2. The number of aliphatic carboxylic acids is 1. The van der Waals surface area contributed by atoms with Crippen LogP contribution in [0.15, 0.2) is 6.33 Å². The first-order valence-electron chi connectivity index (χ1n) is 4.26. The van der Waals surface area contributed by atoms with Gasteiger partial charge in [-0.25, -0.2) is 9.37 Å². The molecule has 0 saturated heterocycles. The summed E-state index contributed by atoms with van der Waals surface area (Å²) in [6.45, 7) is 0.245. The molecule has 0 fully saturated rings. The third kappa shape index (κ3) is 2.45. The quantitative estimate of drug-likeness (QED) is 0.830. The van der Waals surface area contributed by atoms with E-state index in [1.165, 1.54) is 6.33 Å². The Kier molecular flexibility index (Phi) is 5.18. The molecule has 2 atom stereocenters. The van der Waals surface area contributed by atoms with Gasteiger partial charge >= 0.3 is 5.97 Å². The van der Waals surface area contributed by atoms with Crippen LogP contribution in [-0.4, -0.2) is 26.8 Å². The molecule has 1 aromatic rings. The lowest BCUT2D eigenvalue weighted by Crippen LogP contribution is -2.22. The summed E-state index contributed by atoms with van der Waals surface area (Å²) < 4.78 is 14.6. The number of carboxylic acid groups (broad SMARTS) is 1. The van der Waals surface area contributed by atoms with Gasteiger partial charge in [-0.15, -0.1) is 24.8 Å². The summed E-state index contributed by atoms with van der Waals surface area (Å²) in [5.74, 6) is -1.14. The summed E-state index contributed by atoms with van der Waals surface area (Å²) >= 11 is 0. The highest BCUT2D eigenvalue weighted by Gasteiger charge is 2.29. The van der Waals surface area contributed by atoms with E-state index in [4.69, 9.17) is 10.8 Å². The van der Waals surface area contributed by atoms with Crippen molar-refractivity contribution in [3.63, 3.8) is 0 Å². The fourth-order valence-electron chi connectivity index (χ4n) is 1.67. The van der Waals surface area contributed by atoms with E-state index in [-0.39, 0.29) is 43.5 Å². The first-order chi connectivity index (χ1) is 6.59. The molecule has 1 aromatic heterocycles. The Balaban J connectivity index is 0.00000112. The largest absolute Gasteiger partial charge is 0.480 e. The van der Waals surface area contributed by atoms with Gasteiger partial charge in [-0.3, -0.25) is 4.79 Å². The Bertz CT molecular complexity index is 385. The van der Waals surface area contributed by atoms with Crippen molar-refractivity contribution in [2.45, 2.75) is 25.2 Å². The van der Waals surface area contributed by atoms with Gasteiger partial charge in [0, 0.05) is 12.1 Å². The second kappa shape index (κ2) is 5.47. The number of hydrogen-bond donors (Lipinski definition) is 2. The van der Waals surface area contributed by atoms with Gasteiger partial charge in [0.2, 0.25) is 0 Å². The van der Waals surface area contributed by atoms with E-state index >= 15 is 0 Å². The number of carbonyl (C=O) groups is 1. The standard InChI is InChI=1S/C8H10FN3O2.2ClH/c9-4-1-5-7(6(10)8(13)14)11-3-12(5)2-4;;/h3-4,6H,1-2,10H2,(H,13,14);2*1H/t4-,6?;;/m1../s1. The molecule has 0 aromatic carbocycles. The van der Waals surface area contributed by atoms with Crippen molar-refractivity contribution < 1.29 is 14.3 Å². The number of imidazole rings is 1. The third-order valence-corrected chi connectivity index (χ3v) is 2.35. The van der Waals surface area contributed by atoms with Gasteiger partial charge in [0.1, 0.15) is 12.2 Å². The van der Waals surface area contributed by atoms with Gasteiger partial charge in [0.25, 0.3) is 0 Å². The van der Waals surface area contributed by atoms with Crippen LogP contribution >= 0.6 is 24.8 Å². The molecular weight excluding hydrogens is 260 g/mol. The second-order valence-electron chi connectivity index (χ2n) is 3.35. The van der Waals surface area contributed by atoms with Crippen LogP contribution in [-0.2, 0) is 17.8 Å². The Morgan fingerprint density at radius 3 is 2.88 bits per heavy atom. The molecule has 16 heavy (non-hydrogen) atoms. The normalized spacial score (nSPS) is 19.2. The van der Waals surface area contributed by atoms with Gasteiger partial charge in [-0.1, -0.05) is 0 Å². The zero-order valence-corrected chi connectivity index (χ0v) is 9.80. The van der Waals surface area contributed by atoms with Crippen LogP contribution in [0.2, 0.25) is 0 Å². The van der Waals surface area contributed by atoms with E-state index in [0.29, 0.717) is 5.69 Å². The maximum absolute atomic E-state index is 13.0. The fourth-order valence-corrected chi connectivity index (χ4v) is 1.67. The number of halogens is 3. The first-order valence-corrected chi connectivity index (χ1v) is 4.26. The molecule has 0 saturated carbocycles. The van der Waals surface area contributed by atoms with Crippen LogP contribution in [0.4, 0.5) is 4.39 Å². The highest BCUT2D eigenvalue weighted by Crippen LogP contribution is 2.23. The maximum atomic E-state index is 13.0. The zero-order valence-electron chi connectivity index (χ0n) is 8.17. The molecule has 0 radical (unpaired) electrons. The number of nitrogens with two attached hydrogens (primary N) is 1. The van der Waals surface area contributed by atoms with E-state index in [1.54, 1.807) is 4.57 Å². The Hall–Kier alpha value is -0.850. The van der Waals surface area contributed by atoms with Crippen LogP contribution in [0, 0.1) is 0 Å². The highest BCUT2D eigenvalue weighted by molar-refractivity contribution is 5.85. The van der Waals surface area contributed by atoms with Gasteiger partial charge in [-0.05, 0) is 0 Å². The lowest BCUT2D eigenvalue weighted by Gasteiger charge is -2.04. The molecule has 92 valence electrons. The summed E-state index contributed by atoms with van der Waals surface area (Å²) in [4.78, 5) is 14.5. The van der Waals surface area contributed by atoms with Gasteiger partial charge in [0.05, 0.1) is 18.6 Å². The third-order valence-electron chi connectivity index (χ3n) is 2.35. The summed E-state index contributed by atoms with van der Waals surface area (Å²) in [7, 11) is 0. The summed E-state index contributed by atoms with van der Waals surface area (Å²) in [5, 5.41) is 8.68. The summed E-state index contributed by atoms with van der Waals surface area (Å²) in [6, 6.07) is -1.16. The van der Waals surface area contributed by atoms with Crippen LogP contribution < -0.4 is 5.73 Å². The number of alkyl halides is 1. The van der Waals surface area contributed by atoms with Crippen molar-refractivity contribution in [2.75, 3.05) is 0 Å². The van der Waals surface area contributed by atoms with Crippen molar-refractivity contribution in [1.82, 2.24) is 9.55 Å². The van der Waals surface area contributed by atoms with Crippen LogP contribution in [0.25, 0.3) is 0 Å². The first kappa shape index (κ1) is 15.2. The minimum absolute atomic E-state index is 0. The molecule has 3 N–H and O–H groups in total. The van der Waals surface area contributed by atoms with Gasteiger partial charge in [0.15, 0.2) is 0 Å². The van der Waals surface area contributed by atoms with Crippen molar-refractivity contribution in [1.29, 1.82) is 0 Å². The van der Waals surface area contributed by atoms with Crippen molar-refractivity contribution in [2.24, 2.45) is 5.73 Å². The van der Waals surface area contributed by atoms with Crippen molar-refractivity contribution in [3.8, 4) is 0 Å². The Morgan fingerprint density at radius 1 is 1.69 bits per heavy atom. The topological polar surface area (TPSA) is 81.1 Å². The predicted molar refractivity (Wildman–Crippen MR) is 59.9 cm³/mol. The number of aromatic nitrogens is 2. The molecule has 1 aliphatic heterocycles. The van der Waals surface area contributed by atoms with Gasteiger partial charge in [-0.2, -0.15) is 0 Å². The minimum Gasteiger partial charge on any atom is -0.480 e. The minimum atomic E-state index is -1.16. The number of nitrogens with zero attached hydrogens (tertiary/aromatic N) is 2. The van der Waals surface area contributed by atoms with E-state index in [9.17, 15) is 9.18 Å². The molecule has 2 heterocycles. The predicted octanol–water partition coefficient (Wildman–Crippen LogP) is 0.705. The van der Waals surface area contributed by atoms with Crippen LogP contribution in [0.1, 0.15) is 17.4 Å². The summed E-state index contributed by atoms with van der Waals surface area (Å²) in [6.07, 6.45) is 0.691. The van der Waals surface area contributed by atoms with E-state index in [1.807, 2.05) is 0 Å². The monoisotopic (exact) mass is 271 g/mol. The molecular formula is C8H12Cl2FN3O2. The number of hydrogen-bond acceptors (Lipinski definition) is 3. The molecule has 2 rings (SSSR count). The Morgan fingerprint density at radius 2 is 2.31 bits per heavy atom. The molecule has 5 nitrogen and oxygen atoms in total. The maximum Gasteiger partial charge on any atom is 0.326 e. The second-order valence-corrected chi connectivity index (χ2v) is 3.35. The average molecular weight is 272 g/mol. The molecule has 0 amide bonds. The van der Waals surface area contributed by atoms with E-state index < -0.39 is 18.2 Å². The lowest BCUT2D eigenvalue weighted by atomic mass is 10.1. The van der Waals surface area contributed by atoms with Crippen LogP contribution in [0.5, 0.6) is 0 Å². The lowest BCUT2D eigenvalue weighted by molar-refractivity contribution is -0.138.